The first-order valence-corrected chi connectivity index (χ1v) is 7.52. The van der Waals surface area contributed by atoms with Crippen LogP contribution in [0.15, 0.2) is 34.9 Å². The molecular formula is C14H10Cl2N2O2S. The molecule has 0 unspecified atom stereocenters. The Labute approximate surface area is 135 Å². The van der Waals surface area contributed by atoms with Gasteiger partial charge in [-0.2, -0.15) is 0 Å². The molecule has 2 aromatic heterocycles. The zero-order chi connectivity index (χ0) is 15.0. The number of aromatic nitrogens is 1. The van der Waals surface area contributed by atoms with Gasteiger partial charge in [-0.15, -0.1) is 11.3 Å². The highest BCUT2D eigenvalue weighted by atomic mass is 35.5. The number of benzene rings is 1. The zero-order valence-corrected chi connectivity index (χ0v) is 13.2. The smallest absolute Gasteiger partial charge is 0.179 e. The highest BCUT2D eigenvalue weighted by Crippen LogP contribution is 2.44. The van der Waals surface area contributed by atoms with Crippen LogP contribution in [0.1, 0.15) is 0 Å². The Balaban J connectivity index is 2.14. The molecule has 0 aliphatic rings. The highest BCUT2D eigenvalue weighted by molar-refractivity contribution is 7.20. The quantitative estimate of drug-likeness (QED) is 0.731. The van der Waals surface area contributed by atoms with E-state index in [2.05, 4.69) is 5.16 Å². The van der Waals surface area contributed by atoms with Crippen molar-refractivity contribution in [3.63, 3.8) is 0 Å². The molecule has 0 atom stereocenters. The second-order valence-electron chi connectivity index (χ2n) is 4.24. The molecule has 4 nitrogen and oxygen atoms in total. The van der Waals surface area contributed by atoms with E-state index in [0.717, 1.165) is 11.3 Å². The van der Waals surface area contributed by atoms with E-state index in [1.54, 1.807) is 13.2 Å². The lowest BCUT2D eigenvalue weighted by Crippen LogP contribution is -1.89. The molecule has 2 N–H and O–H groups in total. The third kappa shape index (κ3) is 2.60. The maximum atomic E-state index is 6.18. The number of nitrogens with two attached hydrogens (primary N) is 1. The lowest BCUT2D eigenvalue weighted by molar-refractivity contribution is 0.415. The molecule has 0 spiro atoms. The van der Waals surface area contributed by atoms with Crippen LogP contribution in [0.5, 0.6) is 5.75 Å². The van der Waals surface area contributed by atoms with Crippen molar-refractivity contribution in [2.75, 3.05) is 12.8 Å². The van der Waals surface area contributed by atoms with Gasteiger partial charge in [0.05, 0.1) is 22.6 Å². The minimum absolute atomic E-state index is 0.300. The van der Waals surface area contributed by atoms with Gasteiger partial charge in [0.25, 0.3) is 0 Å². The standard InChI is InChI=1S/C14H10Cl2N2O2S/c1-19-8-4-2-7(3-5-8)11-12(20-18-14(11)17)9-6-10(15)21-13(9)16/h2-6H,1H3,(H2,17,18). The van der Waals surface area contributed by atoms with Crippen LogP contribution < -0.4 is 10.5 Å². The maximum Gasteiger partial charge on any atom is 0.179 e. The molecular weight excluding hydrogens is 331 g/mol. The molecule has 3 aromatic rings. The number of thiophene rings is 1. The molecule has 0 aliphatic heterocycles. The number of rotatable bonds is 3. The average Bonchev–Trinajstić information content (AvgIpc) is 3.01. The molecule has 21 heavy (non-hydrogen) atoms. The van der Waals surface area contributed by atoms with E-state index in [1.165, 1.54) is 11.3 Å². The van der Waals surface area contributed by atoms with Crippen molar-refractivity contribution >= 4 is 40.4 Å². The molecule has 0 saturated heterocycles. The number of nitrogen functional groups attached to an aromatic ring is 1. The summed E-state index contributed by atoms with van der Waals surface area (Å²) in [4.78, 5) is 0. The van der Waals surface area contributed by atoms with Crippen molar-refractivity contribution in [3.05, 3.63) is 39.0 Å². The Kier molecular flexibility index (Phi) is 3.80. The molecule has 2 heterocycles. The first-order chi connectivity index (χ1) is 10.1. The lowest BCUT2D eigenvalue weighted by Gasteiger charge is -2.04. The summed E-state index contributed by atoms with van der Waals surface area (Å²) in [5.41, 5.74) is 8.16. The van der Waals surface area contributed by atoms with Crippen LogP contribution >= 0.6 is 34.5 Å². The Morgan fingerprint density at radius 1 is 1.24 bits per heavy atom. The van der Waals surface area contributed by atoms with Gasteiger partial charge in [-0.3, -0.25) is 0 Å². The number of ether oxygens (including phenoxy) is 1. The van der Waals surface area contributed by atoms with Crippen LogP contribution in [0.4, 0.5) is 5.82 Å². The van der Waals surface area contributed by atoms with Crippen LogP contribution in [0.2, 0.25) is 8.67 Å². The summed E-state index contributed by atoms with van der Waals surface area (Å²) >= 11 is 13.4. The summed E-state index contributed by atoms with van der Waals surface area (Å²) in [6.07, 6.45) is 0. The minimum atomic E-state index is 0.300. The van der Waals surface area contributed by atoms with E-state index in [-0.39, 0.29) is 0 Å². The Morgan fingerprint density at radius 2 is 1.95 bits per heavy atom. The second kappa shape index (κ2) is 5.60. The summed E-state index contributed by atoms with van der Waals surface area (Å²) in [7, 11) is 1.61. The summed E-state index contributed by atoms with van der Waals surface area (Å²) in [5, 5.41) is 3.84. The summed E-state index contributed by atoms with van der Waals surface area (Å²) < 4.78 is 11.6. The monoisotopic (exact) mass is 340 g/mol. The molecule has 0 fully saturated rings. The SMILES string of the molecule is COc1ccc(-c2c(N)noc2-c2cc(Cl)sc2Cl)cc1. The Hall–Kier alpha value is -1.69. The van der Waals surface area contributed by atoms with Gasteiger partial charge in [-0.05, 0) is 23.8 Å². The van der Waals surface area contributed by atoms with Crippen LogP contribution in [0.3, 0.4) is 0 Å². The number of nitrogens with zero attached hydrogens (tertiary/aromatic N) is 1. The second-order valence-corrected chi connectivity index (χ2v) is 6.52. The van der Waals surface area contributed by atoms with Crippen molar-refractivity contribution in [2.24, 2.45) is 0 Å². The molecule has 0 bridgehead atoms. The molecule has 3 rings (SSSR count). The summed E-state index contributed by atoms with van der Waals surface area (Å²) in [6, 6.07) is 9.18. The van der Waals surface area contributed by atoms with Gasteiger partial charge in [0, 0.05) is 0 Å². The molecule has 0 aliphatic carbocycles. The van der Waals surface area contributed by atoms with Crippen LogP contribution in [0, 0.1) is 0 Å². The van der Waals surface area contributed by atoms with Crippen molar-refractivity contribution in [3.8, 4) is 28.2 Å². The normalized spacial score (nSPS) is 10.8. The molecule has 7 heteroatoms. The van der Waals surface area contributed by atoms with E-state index in [0.29, 0.717) is 31.4 Å². The van der Waals surface area contributed by atoms with Crippen LogP contribution in [-0.4, -0.2) is 12.3 Å². The fourth-order valence-electron chi connectivity index (χ4n) is 2.02. The minimum Gasteiger partial charge on any atom is -0.497 e. The summed E-state index contributed by atoms with van der Waals surface area (Å²) in [6.45, 7) is 0. The fraction of sp³-hybridized carbons (Fsp3) is 0.0714. The molecule has 1 aromatic carbocycles. The molecule has 0 amide bonds. The van der Waals surface area contributed by atoms with E-state index in [1.807, 2.05) is 24.3 Å². The van der Waals surface area contributed by atoms with Crippen molar-refractivity contribution in [2.45, 2.75) is 0 Å². The number of anilines is 1. The van der Waals surface area contributed by atoms with Crippen molar-refractivity contribution in [1.29, 1.82) is 0 Å². The fourth-order valence-corrected chi connectivity index (χ4v) is 3.48. The highest BCUT2D eigenvalue weighted by Gasteiger charge is 2.21. The number of hydrogen-bond acceptors (Lipinski definition) is 5. The number of halogens is 2. The first-order valence-electron chi connectivity index (χ1n) is 5.95. The van der Waals surface area contributed by atoms with Crippen LogP contribution in [0.25, 0.3) is 22.5 Å². The zero-order valence-electron chi connectivity index (χ0n) is 10.9. The molecule has 0 saturated carbocycles. The number of methoxy groups -OCH3 is 1. The van der Waals surface area contributed by atoms with E-state index < -0.39 is 0 Å². The third-order valence-corrected chi connectivity index (χ3v) is 4.49. The number of hydrogen-bond donors (Lipinski definition) is 1. The molecule has 0 radical (unpaired) electrons. The topological polar surface area (TPSA) is 61.3 Å². The van der Waals surface area contributed by atoms with Gasteiger partial charge >= 0.3 is 0 Å². The average molecular weight is 341 g/mol. The predicted octanol–water partition coefficient (Wildman–Crippen LogP) is 4.97. The largest absolute Gasteiger partial charge is 0.497 e. The Bertz CT molecular complexity index is 781. The van der Waals surface area contributed by atoms with E-state index in [4.69, 9.17) is 38.2 Å². The summed E-state index contributed by atoms with van der Waals surface area (Å²) in [5.74, 6) is 1.56. The van der Waals surface area contributed by atoms with Gasteiger partial charge in [0.2, 0.25) is 0 Å². The van der Waals surface area contributed by atoms with Gasteiger partial charge in [-0.25, -0.2) is 0 Å². The van der Waals surface area contributed by atoms with E-state index >= 15 is 0 Å². The predicted molar refractivity (Wildman–Crippen MR) is 86.2 cm³/mol. The van der Waals surface area contributed by atoms with Gasteiger partial charge < -0.3 is 15.0 Å². The maximum absolute atomic E-state index is 6.18. The van der Waals surface area contributed by atoms with Gasteiger partial charge in [0.1, 0.15) is 10.1 Å². The van der Waals surface area contributed by atoms with Gasteiger partial charge in [-0.1, -0.05) is 40.5 Å². The lowest BCUT2D eigenvalue weighted by atomic mass is 10.0. The Morgan fingerprint density at radius 3 is 2.52 bits per heavy atom. The van der Waals surface area contributed by atoms with Gasteiger partial charge in [0.15, 0.2) is 11.6 Å². The first kappa shape index (κ1) is 14.3. The van der Waals surface area contributed by atoms with E-state index in [9.17, 15) is 0 Å². The van der Waals surface area contributed by atoms with Crippen molar-refractivity contribution in [1.82, 2.24) is 5.16 Å². The van der Waals surface area contributed by atoms with Crippen molar-refractivity contribution < 1.29 is 9.26 Å². The molecule has 108 valence electrons. The van der Waals surface area contributed by atoms with Crippen LogP contribution in [-0.2, 0) is 0 Å². The third-order valence-electron chi connectivity index (χ3n) is 3.00.